The van der Waals surface area contributed by atoms with E-state index in [-0.39, 0.29) is 39.5 Å². The Morgan fingerprint density at radius 2 is 1.50 bits per heavy atom. The van der Waals surface area contributed by atoms with Gasteiger partial charge in [-0.25, -0.2) is 4.79 Å². The highest BCUT2D eigenvalue weighted by atomic mass is 16.7. The van der Waals surface area contributed by atoms with Crippen molar-refractivity contribution in [3.63, 3.8) is 0 Å². The summed E-state index contributed by atoms with van der Waals surface area (Å²) in [5.41, 5.74) is -0.651. The summed E-state index contributed by atoms with van der Waals surface area (Å²) in [5, 5.41) is 25.5. The van der Waals surface area contributed by atoms with Gasteiger partial charge in [-0.05, 0) is 39.0 Å². The van der Waals surface area contributed by atoms with E-state index in [1.54, 1.807) is 52.0 Å². The Hall–Kier alpha value is -5.90. The van der Waals surface area contributed by atoms with Gasteiger partial charge >= 0.3 is 17.7 Å². The fraction of sp³-hybridized carbons (Fsp3) is 0.447. The number of methoxy groups -OCH3 is 1. The van der Waals surface area contributed by atoms with Gasteiger partial charge in [-0.3, -0.25) is 24.0 Å². The van der Waals surface area contributed by atoms with Crippen LogP contribution in [0, 0.1) is 37.5 Å². The van der Waals surface area contributed by atoms with Crippen molar-refractivity contribution < 1.29 is 62.7 Å². The van der Waals surface area contributed by atoms with Crippen LogP contribution in [0.15, 0.2) is 71.8 Å². The summed E-state index contributed by atoms with van der Waals surface area (Å²) in [6.45, 7) is 14.2. The largest absolute Gasteiger partial charge is 0.462 e. The van der Waals surface area contributed by atoms with Crippen LogP contribution in [-0.4, -0.2) is 102 Å². The maximum Gasteiger partial charge on any atom is 0.343 e. The molecule has 5 bridgehead atoms. The molecule has 4 aliphatic rings. The monoisotopic (exact) mass is 856 g/mol. The molecule has 0 fully saturated rings. The lowest BCUT2D eigenvalue weighted by Gasteiger charge is -2.38. The van der Waals surface area contributed by atoms with Crippen molar-refractivity contribution >= 4 is 35.2 Å². The molecule has 6 rings (SSSR count). The summed E-state index contributed by atoms with van der Waals surface area (Å²) in [6.07, 6.45) is 3.29. The van der Waals surface area contributed by atoms with Gasteiger partial charge in [-0.15, -0.1) is 0 Å². The lowest BCUT2D eigenvalue weighted by Crippen LogP contribution is -2.46. The van der Waals surface area contributed by atoms with Gasteiger partial charge in [0.1, 0.15) is 29.0 Å². The standard InChI is InChI=1S/C47H56N2O13/c1-22-16-18-30(19-17-22)46(57)61-42-28(7)43-34-32-33(42)39(53)35(36(40(32)54)49(10)11)48-45(56)24(3)15-13-14-23(2)37(51)26(5)38(52)27(6)41(60-29(8)50)25(4)31(58-12)20-21-59-47(9,62-43)44(34)55/h13-21,23,25-27,31,37-38,41,51-52H,1-12H3,(H,48,56)/b14-13+,21-20+,24-15-. The molecule has 3 N–H and O–H groups in total. The average Bonchev–Trinajstić information content (AvgIpc) is 3.48. The highest BCUT2D eigenvalue weighted by molar-refractivity contribution is 6.32. The molecule has 1 aliphatic carbocycles. The van der Waals surface area contributed by atoms with E-state index < -0.39 is 106 Å². The number of ketones is 3. The summed E-state index contributed by atoms with van der Waals surface area (Å²) in [4.78, 5) is 85.4. The number of amides is 1. The molecule has 1 amide bonds. The van der Waals surface area contributed by atoms with E-state index in [1.807, 2.05) is 6.92 Å². The minimum absolute atomic E-state index is 0.0291. The van der Waals surface area contributed by atoms with Crippen LogP contribution in [-0.2, 0) is 23.8 Å². The zero-order chi connectivity index (χ0) is 46.1. The first-order valence-corrected chi connectivity index (χ1v) is 20.4. The quantitative estimate of drug-likeness (QED) is 0.257. The van der Waals surface area contributed by atoms with E-state index >= 15 is 0 Å². The first kappa shape index (κ1) is 47.2. The van der Waals surface area contributed by atoms with Crippen molar-refractivity contribution in [3.05, 3.63) is 105 Å². The Bertz CT molecular complexity index is 2290. The molecule has 62 heavy (non-hydrogen) atoms. The molecule has 3 aliphatic heterocycles. The second kappa shape index (κ2) is 18.6. The van der Waals surface area contributed by atoms with Gasteiger partial charge in [0.15, 0.2) is 0 Å². The van der Waals surface area contributed by atoms with Crippen molar-refractivity contribution in [2.45, 2.75) is 92.5 Å². The average molecular weight is 857 g/mol. The number of ether oxygens (including phenoxy) is 5. The van der Waals surface area contributed by atoms with Crippen molar-refractivity contribution in [1.29, 1.82) is 0 Å². The minimum atomic E-state index is -2.14. The number of nitrogens with zero attached hydrogens (tertiary/aromatic N) is 1. The Morgan fingerprint density at radius 1 is 0.855 bits per heavy atom. The Kier molecular flexibility index (Phi) is 14.2. The number of aliphatic hydroxyl groups is 2. The molecule has 3 heterocycles. The SMILES string of the molecule is COC1/C=C/OC2(C)Oc3c(C)c(OC(=O)c4ccc(C)cc4)c4c(c3C2=O)C(=O)C(N(C)C)=C(NC(=O)/C(C)=C\C=C\C(C)C(O)C(C)C(O)C(C)C(OC(C)=O)C1C)C4=O. The van der Waals surface area contributed by atoms with Crippen molar-refractivity contribution in [2.75, 3.05) is 21.2 Å². The summed E-state index contributed by atoms with van der Waals surface area (Å²) < 4.78 is 29.7. The van der Waals surface area contributed by atoms with Gasteiger partial charge < -0.3 is 44.1 Å². The van der Waals surface area contributed by atoms with Crippen LogP contribution >= 0.6 is 0 Å². The van der Waals surface area contributed by atoms with E-state index in [2.05, 4.69) is 5.32 Å². The normalized spacial score (nSPS) is 30.1. The molecule has 9 unspecified atom stereocenters. The number of aliphatic hydroxyl groups excluding tert-OH is 2. The van der Waals surface area contributed by atoms with E-state index in [0.717, 1.165) is 5.56 Å². The second-order valence-electron chi connectivity index (χ2n) is 16.6. The predicted octanol–water partition coefficient (Wildman–Crippen LogP) is 5.34. The second-order valence-corrected chi connectivity index (χ2v) is 16.6. The van der Waals surface area contributed by atoms with Gasteiger partial charge in [0, 0.05) is 69.9 Å². The van der Waals surface area contributed by atoms with Crippen LogP contribution in [0.3, 0.4) is 0 Å². The zero-order valence-corrected chi connectivity index (χ0v) is 37.1. The third-order valence-corrected chi connectivity index (χ3v) is 11.8. The molecule has 0 saturated carbocycles. The first-order chi connectivity index (χ1) is 29.1. The number of Topliss-reactive ketones (excluding diaryl/α,β-unsaturated/α-hetero) is 3. The topological polar surface area (TPSA) is 204 Å². The maximum absolute atomic E-state index is 14.8. The van der Waals surface area contributed by atoms with Gasteiger partial charge in [0.2, 0.25) is 11.6 Å². The van der Waals surface area contributed by atoms with Gasteiger partial charge in [-0.2, -0.15) is 0 Å². The van der Waals surface area contributed by atoms with Gasteiger partial charge in [0.05, 0.1) is 46.8 Å². The van der Waals surface area contributed by atoms with E-state index in [4.69, 9.17) is 23.7 Å². The summed E-state index contributed by atoms with van der Waals surface area (Å²) in [5.74, 6) is -10.1. The number of fused-ring (bicyclic) bond motifs is 14. The van der Waals surface area contributed by atoms with Crippen molar-refractivity contribution in [2.24, 2.45) is 23.7 Å². The number of allylic oxidation sites excluding steroid dienone is 4. The molecule has 2 aromatic rings. The molecule has 332 valence electrons. The van der Waals surface area contributed by atoms with Gasteiger partial charge in [0.25, 0.3) is 11.7 Å². The third kappa shape index (κ3) is 9.01. The summed E-state index contributed by atoms with van der Waals surface area (Å²) in [6, 6.07) is 6.47. The molecular weight excluding hydrogens is 801 g/mol. The first-order valence-electron chi connectivity index (χ1n) is 20.4. The number of aryl methyl sites for hydroxylation is 1. The number of carbonyl (C=O) groups excluding carboxylic acids is 6. The Labute approximate surface area is 361 Å². The molecule has 0 saturated heterocycles. The Morgan fingerprint density at radius 3 is 2.10 bits per heavy atom. The van der Waals surface area contributed by atoms with E-state index in [0.29, 0.717) is 0 Å². The van der Waals surface area contributed by atoms with E-state index in [9.17, 15) is 39.0 Å². The lowest BCUT2D eigenvalue weighted by atomic mass is 9.78. The molecule has 9 atom stereocenters. The van der Waals surface area contributed by atoms with E-state index in [1.165, 1.54) is 84.3 Å². The summed E-state index contributed by atoms with van der Waals surface area (Å²) in [7, 11) is 4.40. The number of esters is 2. The highest BCUT2D eigenvalue weighted by Crippen LogP contribution is 2.49. The zero-order valence-electron chi connectivity index (χ0n) is 37.1. The molecule has 15 heteroatoms. The van der Waals surface area contributed by atoms with Crippen LogP contribution in [0.4, 0.5) is 0 Å². The molecule has 0 spiro atoms. The number of nitrogens with one attached hydrogen (secondary N) is 1. The number of hydrogen-bond donors (Lipinski definition) is 3. The van der Waals surface area contributed by atoms with Gasteiger partial charge in [-0.1, -0.05) is 63.6 Å². The van der Waals surface area contributed by atoms with Crippen molar-refractivity contribution in [1.82, 2.24) is 10.2 Å². The maximum atomic E-state index is 14.8. The number of benzene rings is 2. The fourth-order valence-corrected chi connectivity index (χ4v) is 8.06. The molecule has 15 nitrogen and oxygen atoms in total. The van der Waals surface area contributed by atoms with Crippen LogP contribution < -0.4 is 14.8 Å². The predicted molar refractivity (Wildman–Crippen MR) is 226 cm³/mol. The number of likely N-dealkylation sites (N-methyl/N-ethyl adjacent to an activating group) is 1. The molecule has 0 aromatic heterocycles. The number of rotatable bonds is 5. The third-order valence-electron chi connectivity index (χ3n) is 11.8. The highest BCUT2D eigenvalue weighted by Gasteiger charge is 2.53. The van der Waals surface area contributed by atoms with Crippen LogP contribution in [0.1, 0.15) is 101 Å². The molecule has 0 radical (unpaired) electrons. The molecule has 2 aromatic carbocycles. The molecular formula is C47H56N2O13. The van der Waals surface area contributed by atoms with Crippen LogP contribution in [0.2, 0.25) is 0 Å². The smallest absolute Gasteiger partial charge is 0.343 e. The van der Waals surface area contributed by atoms with Crippen molar-refractivity contribution in [3.8, 4) is 11.5 Å². The Balaban J connectivity index is 1.72. The number of hydrogen-bond acceptors (Lipinski definition) is 14. The number of carbonyl (C=O) groups is 6. The summed E-state index contributed by atoms with van der Waals surface area (Å²) >= 11 is 0. The minimum Gasteiger partial charge on any atom is -0.462 e. The van der Waals surface area contributed by atoms with Crippen LogP contribution in [0.25, 0.3) is 0 Å². The fourth-order valence-electron chi connectivity index (χ4n) is 8.06. The van der Waals surface area contributed by atoms with Crippen LogP contribution in [0.5, 0.6) is 11.5 Å². The lowest BCUT2D eigenvalue weighted by molar-refractivity contribution is -0.160.